The molecule has 2 aliphatic heterocycles. The van der Waals surface area contributed by atoms with Crippen LogP contribution in [0.15, 0.2) is 48.5 Å². The van der Waals surface area contributed by atoms with Crippen LogP contribution in [-0.2, 0) is 17.8 Å². The molecule has 26 heavy (non-hydrogen) atoms. The molecule has 0 unspecified atom stereocenters. The summed E-state index contributed by atoms with van der Waals surface area (Å²) in [4.78, 5) is 26.4. The highest BCUT2D eigenvalue weighted by atomic mass is 16.2. The van der Waals surface area contributed by atoms with Gasteiger partial charge in [0.2, 0.25) is 5.91 Å². The number of carbonyl (C=O) groups is 2. The van der Waals surface area contributed by atoms with Crippen molar-refractivity contribution >= 4 is 17.5 Å². The predicted molar refractivity (Wildman–Crippen MR) is 101 cm³/mol. The molecule has 0 saturated carbocycles. The van der Waals surface area contributed by atoms with Crippen molar-refractivity contribution in [1.82, 2.24) is 10.2 Å². The molecule has 4 rings (SSSR count). The van der Waals surface area contributed by atoms with Crippen molar-refractivity contribution in [2.45, 2.75) is 31.8 Å². The van der Waals surface area contributed by atoms with Gasteiger partial charge < -0.3 is 10.6 Å². The average molecular weight is 349 g/mol. The third kappa shape index (κ3) is 3.78. The second kappa shape index (κ2) is 7.30. The van der Waals surface area contributed by atoms with Crippen molar-refractivity contribution in [2.24, 2.45) is 0 Å². The number of carbonyl (C=O) groups excluding carboxylic acids is 2. The number of likely N-dealkylation sites (tertiary alicyclic amines) is 1. The van der Waals surface area contributed by atoms with Crippen LogP contribution < -0.4 is 10.6 Å². The first-order chi connectivity index (χ1) is 12.7. The first kappa shape index (κ1) is 16.8. The maximum absolute atomic E-state index is 12.5. The summed E-state index contributed by atoms with van der Waals surface area (Å²) < 4.78 is 0. The van der Waals surface area contributed by atoms with Crippen molar-refractivity contribution < 1.29 is 9.59 Å². The molecule has 2 N–H and O–H groups in total. The Morgan fingerprint density at radius 3 is 2.65 bits per heavy atom. The molecule has 5 heteroatoms. The van der Waals surface area contributed by atoms with E-state index in [1.807, 2.05) is 18.2 Å². The second-order valence-electron chi connectivity index (χ2n) is 7.11. The molecule has 0 bridgehead atoms. The minimum atomic E-state index is -0.0475. The lowest BCUT2D eigenvalue weighted by Gasteiger charge is -2.32. The number of fused-ring (bicyclic) bond motifs is 1. The van der Waals surface area contributed by atoms with E-state index in [9.17, 15) is 9.59 Å². The van der Waals surface area contributed by atoms with E-state index in [0.29, 0.717) is 12.0 Å². The van der Waals surface area contributed by atoms with E-state index in [2.05, 4.69) is 39.8 Å². The van der Waals surface area contributed by atoms with E-state index < -0.39 is 0 Å². The minimum absolute atomic E-state index is 0.0108. The van der Waals surface area contributed by atoms with Gasteiger partial charge in [0.05, 0.1) is 6.42 Å². The highest BCUT2D eigenvalue weighted by Gasteiger charge is 2.23. The lowest BCUT2D eigenvalue weighted by Crippen LogP contribution is -2.44. The third-order valence-corrected chi connectivity index (χ3v) is 5.16. The fourth-order valence-corrected chi connectivity index (χ4v) is 3.72. The molecule has 0 aliphatic carbocycles. The Hall–Kier alpha value is -2.66. The number of nitrogens with zero attached hydrogens (tertiary/aromatic N) is 1. The largest absolute Gasteiger partial charge is 0.349 e. The Balaban J connectivity index is 1.30. The summed E-state index contributed by atoms with van der Waals surface area (Å²) >= 11 is 0. The molecule has 0 radical (unpaired) electrons. The van der Waals surface area contributed by atoms with Crippen LogP contribution in [0.25, 0.3) is 0 Å². The van der Waals surface area contributed by atoms with Crippen LogP contribution in [0.4, 0.5) is 5.69 Å². The SMILES string of the molecule is O=C1Cc2cc(C(=O)NC3CCN(Cc4ccccc4)CC3)ccc2N1. The molecule has 0 spiro atoms. The van der Waals surface area contributed by atoms with Gasteiger partial charge in [0.1, 0.15) is 0 Å². The number of hydrogen-bond donors (Lipinski definition) is 2. The van der Waals surface area contributed by atoms with Crippen LogP contribution in [0.5, 0.6) is 0 Å². The van der Waals surface area contributed by atoms with E-state index in [0.717, 1.165) is 43.7 Å². The lowest BCUT2D eigenvalue weighted by molar-refractivity contribution is -0.115. The minimum Gasteiger partial charge on any atom is -0.349 e. The molecule has 5 nitrogen and oxygen atoms in total. The van der Waals surface area contributed by atoms with Crippen molar-refractivity contribution in [3.05, 3.63) is 65.2 Å². The number of anilines is 1. The van der Waals surface area contributed by atoms with Crippen LogP contribution in [0, 0.1) is 0 Å². The van der Waals surface area contributed by atoms with E-state index in [1.54, 1.807) is 6.07 Å². The molecule has 2 aliphatic rings. The van der Waals surface area contributed by atoms with E-state index in [1.165, 1.54) is 5.56 Å². The van der Waals surface area contributed by atoms with Gasteiger partial charge >= 0.3 is 0 Å². The van der Waals surface area contributed by atoms with E-state index >= 15 is 0 Å². The highest BCUT2D eigenvalue weighted by molar-refractivity contribution is 6.01. The molecular weight excluding hydrogens is 326 g/mol. The molecule has 2 aromatic rings. The van der Waals surface area contributed by atoms with Gasteiger partial charge in [0.15, 0.2) is 0 Å². The topological polar surface area (TPSA) is 61.4 Å². The number of amides is 2. The van der Waals surface area contributed by atoms with Crippen molar-refractivity contribution in [2.75, 3.05) is 18.4 Å². The van der Waals surface area contributed by atoms with Crippen molar-refractivity contribution in [3.8, 4) is 0 Å². The van der Waals surface area contributed by atoms with Gasteiger partial charge in [-0.1, -0.05) is 30.3 Å². The summed E-state index contributed by atoms with van der Waals surface area (Å²) in [5.74, 6) is -0.0583. The van der Waals surface area contributed by atoms with E-state index in [-0.39, 0.29) is 17.9 Å². The third-order valence-electron chi connectivity index (χ3n) is 5.16. The summed E-state index contributed by atoms with van der Waals surface area (Å²) in [6, 6.07) is 16.1. The average Bonchev–Trinajstić information content (AvgIpc) is 3.03. The van der Waals surface area contributed by atoms with Gasteiger partial charge in [-0.2, -0.15) is 0 Å². The zero-order chi connectivity index (χ0) is 17.9. The summed E-state index contributed by atoms with van der Waals surface area (Å²) in [5.41, 5.74) is 3.68. The van der Waals surface area contributed by atoms with Crippen LogP contribution in [0.2, 0.25) is 0 Å². The van der Waals surface area contributed by atoms with Crippen LogP contribution in [0.3, 0.4) is 0 Å². The molecule has 1 saturated heterocycles. The Bertz CT molecular complexity index is 811. The maximum Gasteiger partial charge on any atom is 0.251 e. The maximum atomic E-state index is 12.5. The van der Waals surface area contributed by atoms with E-state index in [4.69, 9.17) is 0 Å². The Morgan fingerprint density at radius 2 is 1.88 bits per heavy atom. The monoisotopic (exact) mass is 349 g/mol. The fraction of sp³-hybridized carbons (Fsp3) is 0.333. The van der Waals surface area contributed by atoms with Crippen molar-refractivity contribution in [1.29, 1.82) is 0 Å². The summed E-state index contributed by atoms with van der Waals surface area (Å²) in [5, 5.41) is 5.94. The smallest absolute Gasteiger partial charge is 0.251 e. The predicted octanol–water partition coefficient (Wildman–Crippen LogP) is 2.58. The number of hydrogen-bond acceptors (Lipinski definition) is 3. The van der Waals surface area contributed by atoms with Gasteiger partial charge in [-0.05, 0) is 42.2 Å². The first-order valence-electron chi connectivity index (χ1n) is 9.17. The normalized spacial score (nSPS) is 17.6. The molecule has 1 fully saturated rings. The zero-order valence-corrected chi connectivity index (χ0v) is 14.7. The second-order valence-corrected chi connectivity index (χ2v) is 7.11. The molecule has 134 valence electrons. The van der Waals surface area contributed by atoms with Gasteiger partial charge in [-0.25, -0.2) is 0 Å². The zero-order valence-electron chi connectivity index (χ0n) is 14.7. The molecular formula is C21H23N3O2. The highest BCUT2D eigenvalue weighted by Crippen LogP contribution is 2.24. The molecule has 0 atom stereocenters. The molecule has 2 aromatic carbocycles. The number of benzene rings is 2. The van der Waals surface area contributed by atoms with Crippen LogP contribution >= 0.6 is 0 Å². The number of rotatable bonds is 4. The van der Waals surface area contributed by atoms with Gasteiger partial charge in [0, 0.05) is 36.9 Å². The summed E-state index contributed by atoms with van der Waals surface area (Å²) in [6.07, 6.45) is 2.28. The van der Waals surface area contributed by atoms with Gasteiger partial charge in [-0.15, -0.1) is 0 Å². The summed E-state index contributed by atoms with van der Waals surface area (Å²) in [6.45, 7) is 2.94. The first-order valence-corrected chi connectivity index (χ1v) is 9.17. The van der Waals surface area contributed by atoms with Crippen LogP contribution in [-0.4, -0.2) is 35.8 Å². The Labute approximate surface area is 153 Å². The standard InChI is InChI=1S/C21H23N3O2/c25-20-13-17-12-16(6-7-19(17)23-20)21(26)22-18-8-10-24(11-9-18)14-15-4-2-1-3-5-15/h1-7,12,18H,8-11,13-14H2,(H,22,26)(H,23,25). The fourth-order valence-electron chi connectivity index (χ4n) is 3.72. The number of nitrogens with one attached hydrogen (secondary N) is 2. The number of piperidine rings is 1. The molecule has 0 aromatic heterocycles. The van der Waals surface area contributed by atoms with Gasteiger partial charge in [0.25, 0.3) is 5.91 Å². The Morgan fingerprint density at radius 1 is 1.12 bits per heavy atom. The van der Waals surface area contributed by atoms with Gasteiger partial charge in [-0.3, -0.25) is 14.5 Å². The quantitative estimate of drug-likeness (QED) is 0.892. The molecule has 2 heterocycles. The lowest BCUT2D eigenvalue weighted by atomic mass is 10.0. The van der Waals surface area contributed by atoms with Crippen molar-refractivity contribution in [3.63, 3.8) is 0 Å². The Kier molecular flexibility index (Phi) is 4.71. The van der Waals surface area contributed by atoms with Crippen LogP contribution in [0.1, 0.15) is 34.3 Å². The summed E-state index contributed by atoms with van der Waals surface area (Å²) in [7, 11) is 0. The molecule has 2 amide bonds.